The summed E-state index contributed by atoms with van der Waals surface area (Å²) >= 11 is 0. The number of aromatic nitrogens is 2. The van der Waals surface area contributed by atoms with Crippen molar-refractivity contribution in [1.29, 1.82) is 0 Å². The lowest BCUT2D eigenvalue weighted by Crippen LogP contribution is -2.47. The highest BCUT2D eigenvalue weighted by atomic mass is 19.3. The molecule has 1 amide bonds. The van der Waals surface area contributed by atoms with E-state index in [9.17, 15) is 23.5 Å². The SMILES string of the molecule is CC(=O)N1CCC(O)(c2cc3c(N[C@H](C)c4cccc(C(F)F)c4F)nc(C)c(CCCN(C)C)c3n(C)c2=O)CC1. The first-order valence-electron chi connectivity index (χ1n) is 14.2. The van der Waals surface area contributed by atoms with E-state index in [2.05, 4.69) is 10.2 Å². The van der Waals surface area contributed by atoms with Crippen molar-refractivity contribution in [2.75, 3.05) is 39.0 Å². The van der Waals surface area contributed by atoms with E-state index in [0.29, 0.717) is 41.9 Å². The summed E-state index contributed by atoms with van der Waals surface area (Å²) in [5, 5.41) is 15.5. The molecule has 1 fully saturated rings. The lowest BCUT2D eigenvalue weighted by molar-refractivity contribution is -0.133. The third-order valence-corrected chi connectivity index (χ3v) is 8.35. The third-order valence-electron chi connectivity index (χ3n) is 8.35. The number of hydrogen-bond acceptors (Lipinski definition) is 6. The fraction of sp³-hybridized carbons (Fsp3) is 0.516. The van der Waals surface area contributed by atoms with Gasteiger partial charge in [0.1, 0.15) is 11.6 Å². The summed E-state index contributed by atoms with van der Waals surface area (Å²) in [7, 11) is 5.63. The second kappa shape index (κ2) is 12.4. The Kier molecular flexibility index (Phi) is 9.32. The van der Waals surface area contributed by atoms with E-state index >= 15 is 4.39 Å². The molecule has 2 N–H and O–H groups in total. The minimum absolute atomic E-state index is 0.0655. The number of aryl methyl sites for hydroxylation is 3. The van der Waals surface area contributed by atoms with Crippen molar-refractivity contribution in [1.82, 2.24) is 19.4 Å². The first kappa shape index (κ1) is 31.5. The summed E-state index contributed by atoms with van der Waals surface area (Å²) < 4.78 is 43.4. The molecule has 0 spiro atoms. The molecular weight excluding hydrogens is 547 g/mol. The Hall–Kier alpha value is -3.44. The lowest BCUT2D eigenvalue weighted by Gasteiger charge is -2.38. The zero-order chi connectivity index (χ0) is 30.9. The monoisotopic (exact) mass is 587 g/mol. The number of amides is 1. The molecule has 1 atom stereocenters. The van der Waals surface area contributed by atoms with E-state index in [4.69, 9.17) is 4.98 Å². The van der Waals surface area contributed by atoms with Crippen molar-refractivity contribution in [2.24, 2.45) is 7.05 Å². The van der Waals surface area contributed by atoms with Crippen molar-refractivity contribution in [3.63, 3.8) is 0 Å². The number of carbonyl (C=O) groups is 1. The molecule has 1 aliphatic rings. The molecule has 1 aliphatic heterocycles. The number of rotatable bonds is 9. The fourth-order valence-corrected chi connectivity index (χ4v) is 5.88. The van der Waals surface area contributed by atoms with Crippen LogP contribution in [0.25, 0.3) is 10.9 Å². The van der Waals surface area contributed by atoms with Crippen LogP contribution in [-0.2, 0) is 23.9 Å². The van der Waals surface area contributed by atoms with Crippen molar-refractivity contribution in [2.45, 2.75) is 64.5 Å². The van der Waals surface area contributed by atoms with Crippen LogP contribution in [0, 0.1) is 12.7 Å². The van der Waals surface area contributed by atoms with Crippen LogP contribution >= 0.6 is 0 Å². The Balaban J connectivity index is 1.86. The van der Waals surface area contributed by atoms with Crippen LogP contribution in [0.5, 0.6) is 0 Å². The molecule has 3 aromatic rings. The quantitative estimate of drug-likeness (QED) is 0.373. The summed E-state index contributed by atoms with van der Waals surface area (Å²) in [6, 6.07) is 4.84. The van der Waals surface area contributed by atoms with Crippen molar-refractivity contribution in [3.05, 3.63) is 68.4 Å². The Morgan fingerprint density at radius 2 is 1.86 bits per heavy atom. The largest absolute Gasteiger partial charge is 0.385 e. The number of fused-ring (bicyclic) bond motifs is 1. The average molecular weight is 588 g/mol. The van der Waals surface area contributed by atoms with Crippen LogP contribution in [0.15, 0.2) is 29.1 Å². The van der Waals surface area contributed by atoms with Gasteiger partial charge >= 0.3 is 0 Å². The van der Waals surface area contributed by atoms with Gasteiger partial charge in [0.25, 0.3) is 12.0 Å². The van der Waals surface area contributed by atoms with E-state index in [0.717, 1.165) is 24.6 Å². The van der Waals surface area contributed by atoms with Crippen LogP contribution in [0.1, 0.15) is 73.5 Å². The van der Waals surface area contributed by atoms with Gasteiger partial charge < -0.3 is 24.8 Å². The number of likely N-dealkylation sites (tertiary alicyclic amines) is 1. The van der Waals surface area contributed by atoms with Crippen molar-refractivity contribution in [3.8, 4) is 0 Å². The Bertz CT molecular complexity index is 1530. The number of hydrogen-bond donors (Lipinski definition) is 2. The van der Waals surface area contributed by atoms with E-state index in [-0.39, 0.29) is 35.4 Å². The van der Waals surface area contributed by atoms with Crippen LogP contribution in [0.4, 0.5) is 19.0 Å². The number of alkyl halides is 2. The molecular formula is C31H40F3N5O3. The second-order valence-electron chi connectivity index (χ2n) is 11.6. The van der Waals surface area contributed by atoms with Crippen LogP contribution < -0.4 is 10.9 Å². The van der Waals surface area contributed by atoms with Gasteiger partial charge in [0.2, 0.25) is 5.91 Å². The van der Waals surface area contributed by atoms with Gasteiger partial charge in [-0.3, -0.25) is 9.59 Å². The standard InChI is InChI=1S/C31H40F3N5O3/c1-18(21-9-7-10-23(26(21)32)28(33)34)35-29-24-17-25(31(42)12-15-39(16-13-31)20(3)40)30(41)38(6)27(24)22(19(2)36-29)11-8-14-37(4)5/h7,9-10,17-18,28,42H,8,11-16H2,1-6H3,(H,35,36)/t18-/m1/s1. The van der Waals surface area contributed by atoms with Crippen molar-refractivity contribution >= 4 is 22.6 Å². The summed E-state index contributed by atoms with van der Waals surface area (Å²) in [5.41, 5.74) is 0.0326. The topological polar surface area (TPSA) is 90.7 Å². The van der Waals surface area contributed by atoms with Crippen LogP contribution in [0.2, 0.25) is 0 Å². The van der Waals surface area contributed by atoms with E-state index in [1.54, 1.807) is 24.9 Å². The highest BCUT2D eigenvalue weighted by Gasteiger charge is 2.38. The Morgan fingerprint density at radius 1 is 1.21 bits per heavy atom. The lowest BCUT2D eigenvalue weighted by atomic mass is 9.84. The molecule has 4 rings (SSSR count). The number of anilines is 1. The number of carbonyl (C=O) groups excluding carboxylic acids is 1. The molecule has 0 saturated carbocycles. The number of halogens is 3. The second-order valence-corrected chi connectivity index (χ2v) is 11.6. The minimum Gasteiger partial charge on any atom is -0.385 e. The number of nitrogens with one attached hydrogen (secondary N) is 1. The maximum Gasteiger partial charge on any atom is 0.266 e. The molecule has 0 unspecified atom stereocenters. The molecule has 8 nitrogen and oxygen atoms in total. The molecule has 1 saturated heterocycles. The molecule has 42 heavy (non-hydrogen) atoms. The molecule has 0 bridgehead atoms. The smallest absolute Gasteiger partial charge is 0.266 e. The van der Waals surface area contributed by atoms with Crippen LogP contribution in [0.3, 0.4) is 0 Å². The zero-order valence-electron chi connectivity index (χ0n) is 25.1. The summed E-state index contributed by atoms with van der Waals surface area (Å²) in [6.45, 7) is 6.45. The number of piperidine rings is 1. The molecule has 2 aromatic heterocycles. The van der Waals surface area contributed by atoms with E-state index in [1.165, 1.54) is 23.6 Å². The fourth-order valence-electron chi connectivity index (χ4n) is 5.88. The molecule has 3 heterocycles. The summed E-state index contributed by atoms with van der Waals surface area (Å²) in [5.74, 6) is -0.711. The van der Waals surface area contributed by atoms with Gasteiger partial charge in [0, 0.05) is 49.3 Å². The van der Waals surface area contributed by atoms with Gasteiger partial charge in [-0.05, 0) is 71.8 Å². The zero-order valence-corrected chi connectivity index (χ0v) is 25.1. The highest BCUT2D eigenvalue weighted by Crippen LogP contribution is 2.36. The molecule has 1 aromatic carbocycles. The Labute approximate surface area is 244 Å². The van der Waals surface area contributed by atoms with Gasteiger partial charge in [-0.1, -0.05) is 18.2 Å². The molecule has 11 heteroatoms. The highest BCUT2D eigenvalue weighted by molar-refractivity contribution is 5.93. The maximum atomic E-state index is 15.1. The van der Waals surface area contributed by atoms with Gasteiger partial charge in [0.15, 0.2) is 0 Å². The average Bonchev–Trinajstić information content (AvgIpc) is 2.92. The first-order chi connectivity index (χ1) is 19.7. The molecule has 0 aliphatic carbocycles. The van der Waals surface area contributed by atoms with Crippen LogP contribution in [-0.4, -0.2) is 64.1 Å². The number of nitrogens with zero attached hydrogens (tertiary/aromatic N) is 4. The predicted molar refractivity (Wildman–Crippen MR) is 157 cm³/mol. The third kappa shape index (κ3) is 6.17. The van der Waals surface area contributed by atoms with E-state index < -0.39 is 29.4 Å². The van der Waals surface area contributed by atoms with E-state index in [1.807, 2.05) is 21.0 Å². The molecule has 0 radical (unpaired) electrons. The summed E-state index contributed by atoms with van der Waals surface area (Å²) in [6.07, 6.45) is -1.08. The van der Waals surface area contributed by atoms with Gasteiger partial charge in [-0.2, -0.15) is 0 Å². The Morgan fingerprint density at radius 3 is 2.45 bits per heavy atom. The number of pyridine rings is 2. The first-order valence-corrected chi connectivity index (χ1v) is 14.2. The molecule has 228 valence electrons. The number of aliphatic hydroxyl groups is 1. The normalized spacial score (nSPS) is 16.0. The summed E-state index contributed by atoms with van der Waals surface area (Å²) in [4.78, 5) is 34.2. The predicted octanol–water partition coefficient (Wildman–Crippen LogP) is 4.82. The van der Waals surface area contributed by atoms with Gasteiger partial charge in [-0.25, -0.2) is 18.2 Å². The number of benzene rings is 1. The van der Waals surface area contributed by atoms with Gasteiger partial charge in [0.05, 0.1) is 22.7 Å². The maximum absolute atomic E-state index is 15.1. The minimum atomic E-state index is -2.95. The van der Waals surface area contributed by atoms with Crippen molar-refractivity contribution < 1.29 is 23.1 Å². The van der Waals surface area contributed by atoms with Gasteiger partial charge in [-0.15, -0.1) is 0 Å².